The SMILES string of the molecule is O=C(NCCc1cccc2ccc(O)cc12)NC1CC1. The van der Waals surface area contributed by atoms with Crippen LogP contribution in [0.15, 0.2) is 36.4 Å². The fraction of sp³-hybridized carbons (Fsp3) is 0.312. The van der Waals surface area contributed by atoms with Gasteiger partial charge in [-0.2, -0.15) is 0 Å². The summed E-state index contributed by atoms with van der Waals surface area (Å²) in [6.07, 6.45) is 2.94. The first kappa shape index (κ1) is 12.8. The molecule has 1 aliphatic carbocycles. The molecule has 2 aromatic rings. The molecule has 0 saturated heterocycles. The first-order chi connectivity index (χ1) is 9.72. The van der Waals surface area contributed by atoms with Gasteiger partial charge in [-0.1, -0.05) is 24.3 Å². The Kier molecular flexibility index (Phi) is 3.46. The number of nitrogens with one attached hydrogen (secondary N) is 2. The quantitative estimate of drug-likeness (QED) is 0.799. The van der Waals surface area contributed by atoms with Gasteiger partial charge in [0.25, 0.3) is 0 Å². The molecule has 2 amide bonds. The molecule has 1 aliphatic rings. The van der Waals surface area contributed by atoms with Crippen molar-refractivity contribution in [1.29, 1.82) is 0 Å². The van der Waals surface area contributed by atoms with Gasteiger partial charge in [0.15, 0.2) is 0 Å². The smallest absolute Gasteiger partial charge is 0.315 e. The van der Waals surface area contributed by atoms with Crippen molar-refractivity contribution < 1.29 is 9.90 Å². The first-order valence-electron chi connectivity index (χ1n) is 6.97. The molecule has 104 valence electrons. The highest BCUT2D eigenvalue weighted by Gasteiger charge is 2.22. The molecule has 0 aliphatic heterocycles. The fourth-order valence-corrected chi connectivity index (χ4v) is 2.32. The van der Waals surface area contributed by atoms with Gasteiger partial charge in [0.1, 0.15) is 5.75 Å². The number of phenols is 1. The minimum absolute atomic E-state index is 0.0874. The molecule has 0 atom stereocenters. The van der Waals surface area contributed by atoms with E-state index in [1.807, 2.05) is 24.3 Å². The van der Waals surface area contributed by atoms with Crippen LogP contribution in [0.5, 0.6) is 5.75 Å². The van der Waals surface area contributed by atoms with Crippen molar-refractivity contribution in [2.75, 3.05) is 6.54 Å². The lowest BCUT2D eigenvalue weighted by atomic mass is 10.0. The molecule has 0 radical (unpaired) electrons. The Labute approximate surface area is 117 Å². The normalized spacial score (nSPS) is 14.2. The van der Waals surface area contributed by atoms with Crippen LogP contribution in [0.1, 0.15) is 18.4 Å². The number of hydrogen-bond acceptors (Lipinski definition) is 2. The minimum Gasteiger partial charge on any atom is -0.508 e. The van der Waals surface area contributed by atoms with E-state index in [0.717, 1.165) is 35.6 Å². The van der Waals surface area contributed by atoms with E-state index in [0.29, 0.717) is 12.6 Å². The van der Waals surface area contributed by atoms with Crippen molar-refractivity contribution in [3.8, 4) is 5.75 Å². The van der Waals surface area contributed by atoms with Crippen molar-refractivity contribution >= 4 is 16.8 Å². The van der Waals surface area contributed by atoms with Crippen LogP contribution in [0.3, 0.4) is 0 Å². The summed E-state index contributed by atoms with van der Waals surface area (Å²) in [7, 11) is 0. The van der Waals surface area contributed by atoms with Gasteiger partial charge in [-0.15, -0.1) is 0 Å². The summed E-state index contributed by atoms with van der Waals surface area (Å²) < 4.78 is 0. The van der Waals surface area contributed by atoms with Crippen molar-refractivity contribution in [2.45, 2.75) is 25.3 Å². The Hall–Kier alpha value is -2.23. The number of benzene rings is 2. The third-order valence-electron chi connectivity index (χ3n) is 3.55. The van der Waals surface area contributed by atoms with Crippen molar-refractivity contribution in [3.05, 3.63) is 42.0 Å². The van der Waals surface area contributed by atoms with Gasteiger partial charge < -0.3 is 15.7 Å². The van der Waals surface area contributed by atoms with Crippen molar-refractivity contribution in [3.63, 3.8) is 0 Å². The Balaban J connectivity index is 1.64. The Morgan fingerprint density at radius 1 is 1.25 bits per heavy atom. The standard InChI is InChI=1S/C16H18N2O2/c19-14-7-4-11-2-1-3-12(15(11)10-14)8-9-17-16(20)18-13-5-6-13/h1-4,7,10,13,19H,5-6,8-9H2,(H2,17,18,20). The second kappa shape index (κ2) is 5.41. The van der Waals surface area contributed by atoms with Gasteiger partial charge in [-0.05, 0) is 47.7 Å². The molecule has 2 aromatic carbocycles. The number of aromatic hydroxyl groups is 1. The summed E-state index contributed by atoms with van der Waals surface area (Å²) >= 11 is 0. The van der Waals surface area contributed by atoms with Crippen molar-refractivity contribution in [2.24, 2.45) is 0 Å². The Bertz CT molecular complexity index is 635. The largest absolute Gasteiger partial charge is 0.508 e. The Morgan fingerprint density at radius 3 is 2.90 bits per heavy atom. The van der Waals surface area contributed by atoms with E-state index < -0.39 is 0 Å². The number of urea groups is 1. The third kappa shape index (κ3) is 3.02. The maximum absolute atomic E-state index is 11.5. The van der Waals surface area contributed by atoms with Crippen LogP contribution in [0, 0.1) is 0 Å². The van der Waals surface area contributed by atoms with Gasteiger partial charge >= 0.3 is 6.03 Å². The summed E-state index contributed by atoms with van der Waals surface area (Å²) in [5.74, 6) is 0.268. The van der Waals surface area contributed by atoms with Crippen LogP contribution in [-0.4, -0.2) is 23.7 Å². The van der Waals surface area contributed by atoms with Gasteiger partial charge in [0.2, 0.25) is 0 Å². The predicted molar refractivity (Wildman–Crippen MR) is 78.9 cm³/mol. The van der Waals surface area contributed by atoms with Gasteiger partial charge in [0, 0.05) is 12.6 Å². The van der Waals surface area contributed by atoms with E-state index in [9.17, 15) is 9.90 Å². The molecule has 0 unspecified atom stereocenters. The third-order valence-corrected chi connectivity index (χ3v) is 3.55. The molecular weight excluding hydrogens is 252 g/mol. The fourth-order valence-electron chi connectivity index (χ4n) is 2.32. The maximum Gasteiger partial charge on any atom is 0.315 e. The summed E-state index contributed by atoms with van der Waals surface area (Å²) in [5, 5.41) is 17.5. The highest BCUT2D eigenvalue weighted by molar-refractivity contribution is 5.87. The van der Waals surface area contributed by atoms with Crippen LogP contribution in [-0.2, 0) is 6.42 Å². The topological polar surface area (TPSA) is 61.4 Å². The molecule has 1 fully saturated rings. The number of carbonyl (C=O) groups excluding carboxylic acids is 1. The second-order valence-electron chi connectivity index (χ2n) is 5.25. The molecular formula is C16H18N2O2. The van der Waals surface area contributed by atoms with E-state index in [1.165, 1.54) is 0 Å². The molecule has 3 rings (SSSR count). The summed E-state index contributed by atoms with van der Waals surface area (Å²) in [4.78, 5) is 11.5. The number of carbonyl (C=O) groups is 1. The highest BCUT2D eigenvalue weighted by Crippen LogP contribution is 2.23. The van der Waals surface area contributed by atoms with Crippen LogP contribution in [0.25, 0.3) is 10.8 Å². The van der Waals surface area contributed by atoms with Crippen LogP contribution in [0.4, 0.5) is 4.79 Å². The average molecular weight is 270 g/mol. The zero-order valence-electron chi connectivity index (χ0n) is 11.2. The second-order valence-corrected chi connectivity index (χ2v) is 5.25. The van der Waals surface area contributed by atoms with Crippen molar-refractivity contribution in [1.82, 2.24) is 10.6 Å². The number of fused-ring (bicyclic) bond motifs is 1. The molecule has 4 heteroatoms. The minimum atomic E-state index is -0.0874. The zero-order valence-corrected chi connectivity index (χ0v) is 11.2. The molecule has 1 saturated carbocycles. The van der Waals surface area contributed by atoms with E-state index in [2.05, 4.69) is 10.6 Å². The lowest BCUT2D eigenvalue weighted by Crippen LogP contribution is -2.37. The lowest BCUT2D eigenvalue weighted by Gasteiger charge is -2.09. The molecule has 4 nitrogen and oxygen atoms in total. The van der Waals surface area contributed by atoms with E-state index >= 15 is 0 Å². The van der Waals surface area contributed by atoms with Crippen LogP contribution in [0.2, 0.25) is 0 Å². The Morgan fingerprint density at radius 2 is 2.10 bits per heavy atom. The van der Waals surface area contributed by atoms with Gasteiger partial charge in [-0.3, -0.25) is 0 Å². The van der Waals surface area contributed by atoms with Gasteiger partial charge in [0.05, 0.1) is 0 Å². The summed E-state index contributed by atoms with van der Waals surface area (Å²) in [6.45, 7) is 0.591. The highest BCUT2D eigenvalue weighted by atomic mass is 16.3. The maximum atomic E-state index is 11.5. The number of rotatable bonds is 4. The van der Waals surface area contributed by atoms with E-state index in [4.69, 9.17) is 0 Å². The molecule has 20 heavy (non-hydrogen) atoms. The summed E-state index contributed by atoms with van der Waals surface area (Å²) in [5.41, 5.74) is 1.13. The van der Waals surface area contributed by atoms with Crippen LogP contribution >= 0.6 is 0 Å². The van der Waals surface area contributed by atoms with Gasteiger partial charge in [-0.25, -0.2) is 4.79 Å². The molecule has 0 spiro atoms. The molecule has 3 N–H and O–H groups in total. The monoisotopic (exact) mass is 270 g/mol. The zero-order chi connectivity index (χ0) is 13.9. The number of hydrogen-bond donors (Lipinski definition) is 3. The first-order valence-corrected chi connectivity index (χ1v) is 6.97. The van der Waals surface area contributed by atoms with E-state index in [1.54, 1.807) is 12.1 Å². The van der Waals surface area contributed by atoms with Crippen LogP contribution < -0.4 is 10.6 Å². The summed E-state index contributed by atoms with van der Waals surface area (Å²) in [6, 6.07) is 11.7. The lowest BCUT2D eigenvalue weighted by molar-refractivity contribution is 0.240. The van der Waals surface area contributed by atoms with E-state index in [-0.39, 0.29) is 11.8 Å². The molecule has 0 bridgehead atoms. The number of amides is 2. The molecule has 0 aromatic heterocycles. The molecule has 0 heterocycles. The predicted octanol–water partition coefficient (Wildman–Crippen LogP) is 2.55. The average Bonchev–Trinajstić information content (AvgIpc) is 3.23. The number of phenolic OH excluding ortho intramolecular Hbond substituents is 1.